The van der Waals surface area contributed by atoms with Crippen LogP contribution in [0, 0.1) is 5.82 Å². The molecule has 0 bridgehead atoms. The summed E-state index contributed by atoms with van der Waals surface area (Å²) in [6.07, 6.45) is 0.587. The van der Waals surface area contributed by atoms with Crippen molar-refractivity contribution in [2.24, 2.45) is 0 Å². The smallest absolute Gasteiger partial charge is 0.148 e. The highest BCUT2D eigenvalue weighted by Gasteiger charge is 2.05. The van der Waals surface area contributed by atoms with Gasteiger partial charge in [0.1, 0.15) is 5.82 Å². The zero-order valence-corrected chi connectivity index (χ0v) is 8.13. The molecule has 0 amide bonds. The van der Waals surface area contributed by atoms with E-state index in [9.17, 15) is 4.39 Å². The predicted molar refractivity (Wildman–Crippen MR) is 55.6 cm³/mol. The van der Waals surface area contributed by atoms with Crippen LogP contribution in [0.3, 0.4) is 0 Å². The van der Waals surface area contributed by atoms with E-state index in [4.69, 9.17) is 10.8 Å². The molecule has 0 aliphatic rings. The summed E-state index contributed by atoms with van der Waals surface area (Å²) in [4.78, 5) is 0. The Bertz CT molecular complexity index is 304. The molecular formula is C10H15FN2O. The molecule has 0 radical (unpaired) electrons. The number of rotatable bonds is 4. The molecule has 14 heavy (non-hydrogen) atoms. The quantitative estimate of drug-likeness (QED) is 0.644. The molecule has 4 N–H and O–H groups in total. The van der Waals surface area contributed by atoms with Crippen molar-refractivity contribution >= 4 is 11.4 Å². The Morgan fingerprint density at radius 1 is 1.57 bits per heavy atom. The average molecular weight is 198 g/mol. The van der Waals surface area contributed by atoms with Crippen molar-refractivity contribution in [2.45, 2.75) is 19.4 Å². The lowest BCUT2D eigenvalue weighted by Gasteiger charge is -2.14. The van der Waals surface area contributed by atoms with Crippen LogP contribution in [-0.2, 0) is 0 Å². The zero-order valence-electron chi connectivity index (χ0n) is 8.13. The van der Waals surface area contributed by atoms with Crippen molar-refractivity contribution in [3.05, 3.63) is 24.0 Å². The highest BCUT2D eigenvalue weighted by atomic mass is 19.1. The fraction of sp³-hybridized carbons (Fsp3) is 0.400. The van der Waals surface area contributed by atoms with E-state index in [1.165, 1.54) is 6.07 Å². The monoisotopic (exact) mass is 198 g/mol. The van der Waals surface area contributed by atoms with Gasteiger partial charge in [0.05, 0.1) is 5.69 Å². The Hall–Kier alpha value is -1.29. The lowest BCUT2D eigenvalue weighted by molar-refractivity contribution is 0.282. The van der Waals surface area contributed by atoms with Crippen molar-refractivity contribution in [2.75, 3.05) is 17.7 Å². The van der Waals surface area contributed by atoms with Crippen LogP contribution in [0.5, 0.6) is 0 Å². The van der Waals surface area contributed by atoms with E-state index in [1.807, 2.05) is 6.92 Å². The number of aliphatic hydroxyl groups is 1. The highest BCUT2D eigenvalue weighted by Crippen LogP contribution is 2.18. The molecule has 0 saturated heterocycles. The average Bonchev–Trinajstić information content (AvgIpc) is 2.10. The molecule has 3 nitrogen and oxygen atoms in total. The van der Waals surface area contributed by atoms with E-state index >= 15 is 0 Å². The molecule has 1 rings (SSSR count). The second kappa shape index (κ2) is 4.81. The lowest BCUT2D eigenvalue weighted by atomic mass is 10.2. The summed E-state index contributed by atoms with van der Waals surface area (Å²) in [5.74, 6) is -0.366. The normalized spacial score (nSPS) is 12.5. The van der Waals surface area contributed by atoms with E-state index in [0.29, 0.717) is 17.8 Å². The van der Waals surface area contributed by atoms with Crippen LogP contribution < -0.4 is 11.1 Å². The summed E-state index contributed by atoms with van der Waals surface area (Å²) >= 11 is 0. The largest absolute Gasteiger partial charge is 0.399 e. The van der Waals surface area contributed by atoms with Crippen molar-refractivity contribution in [3.63, 3.8) is 0 Å². The first-order chi connectivity index (χ1) is 6.63. The van der Waals surface area contributed by atoms with Crippen molar-refractivity contribution in [3.8, 4) is 0 Å². The van der Waals surface area contributed by atoms with Crippen LogP contribution >= 0.6 is 0 Å². The van der Waals surface area contributed by atoms with E-state index in [-0.39, 0.29) is 18.5 Å². The number of hydrogen-bond acceptors (Lipinski definition) is 3. The topological polar surface area (TPSA) is 58.3 Å². The standard InChI is InChI=1S/C10H15FN2O/c1-7(4-5-14)13-10-3-2-8(12)6-9(10)11/h2-3,6-7,13-14H,4-5,12H2,1H3. The van der Waals surface area contributed by atoms with Gasteiger partial charge in [0.25, 0.3) is 0 Å². The SMILES string of the molecule is CC(CCO)Nc1ccc(N)cc1F. The third kappa shape index (κ3) is 2.88. The van der Waals surface area contributed by atoms with Crippen molar-refractivity contribution < 1.29 is 9.50 Å². The van der Waals surface area contributed by atoms with Gasteiger partial charge in [-0.2, -0.15) is 0 Å². The summed E-state index contributed by atoms with van der Waals surface area (Å²) in [7, 11) is 0. The molecule has 1 aromatic rings. The Balaban J connectivity index is 2.67. The van der Waals surface area contributed by atoms with E-state index < -0.39 is 0 Å². The molecule has 1 aromatic carbocycles. The third-order valence-corrected chi connectivity index (χ3v) is 1.96. The maximum absolute atomic E-state index is 13.2. The van der Waals surface area contributed by atoms with E-state index in [0.717, 1.165) is 0 Å². The summed E-state index contributed by atoms with van der Waals surface area (Å²) in [5.41, 5.74) is 6.23. The molecule has 1 unspecified atom stereocenters. The Morgan fingerprint density at radius 2 is 2.29 bits per heavy atom. The third-order valence-electron chi connectivity index (χ3n) is 1.96. The summed E-state index contributed by atoms with van der Waals surface area (Å²) in [6.45, 7) is 1.97. The van der Waals surface area contributed by atoms with Crippen LogP contribution in [0.4, 0.5) is 15.8 Å². The highest BCUT2D eigenvalue weighted by molar-refractivity contribution is 5.52. The fourth-order valence-corrected chi connectivity index (χ4v) is 1.18. The summed E-state index contributed by atoms with van der Waals surface area (Å²) in [5, 5.41) is 11.6. The van der Waals surface area contributed by atoms with Gasteiger partial charge in [-0.1, -0.05) is 0 Å². The second-order valence-electron chi connectivity index (χ2n) is 3.30. The number of halogens is 1. The molecule has 1 atom stereocenters. The number of nitrogen functional groups attached to an aromatic ring is 1. The lowest BCUT2D eigenvalue weighted by Crippen LogP contribution is -2.17. The molecule has 0 heterocycles. The van der Waals surface area contributed by atoms with Gasteiger partial charge in [-0.3, -0.25) is 0 Å². The zero-order chi connectivity index (χ0) is 10.6. The van der Waals surface area contributed by atoms with Gasteiger partial charge in [0, 0.05) is 18.3 Å². The first kappa shape index (κ1) is 10.8. The second-order valence-corrected chi connectivity index (χ2v) is 3.30. The number of benzene rings is 1. The molecule has 0 saturated carbocycles. The Kier molecular flexibility index (Phi) is 3.71. The molecule has 0 aliphatic carbocycles. The first-order valence-electron chi connectivity index (χ1n) is 4.56. The van der Waals surface area contributed by atoms with E-state index in [1.54, 1.807) is 12.1 Å². The van der Waals surface area contributed by atoms with Crippen LogP contribution in [0.2, 0.25) is 0 Å². The molecule has 78 valence electrons. The van der Waals surface area contributed by atoms with Gasteiger partial charge in [-0.25, -0.2) is 4.39 Å². The Labute approximate surface area is 82.7 Å². The summed E-state index contributed by atoms with van der Waals surface area (Å²) < 4.78 is 13.2. The minimum absolute atomic E-state index is 0.0399. The van der Waals surface area contributed by atoms with Gasteiger partial charge in [0.15, 0.2) is 0 Å². The van der Waals surface area contributed by atoms with Gasteiger partial charge in [0.2, 0.25) is 0 Å². The molecule has 4 heteroatoms. The molecule has 0 aliphatic heterocycles. The molecule has 0 fully saturated rings. The number of anilines is 2. The number of aliphatic hydroxyl groups excluding tert-OH is 1. The van der Waals surface area contributed by atoms with Crippen molar-refractivity contribution in [1.82, 2.24) is 0 Å². The van der Waals surface area contributed by atoms with Crippen LogP contribution in [-0.4, -0.2) is 17.8 Å². The molecule has 0 aromatic heterocycles. The van der Waals surface area contributed by atoms with Crippen LogP contribution in [0.15, 0.2) is 18.2 Å². The molecular weight excluding hydrogens is 183 g/mol. The Morgan fingerprint density at radius 3 is 2.86 bits per heavy atom. The number of nitrogens with one attached hydrogen (secondary N) is 1. The maximum atomic E-state index is 13.2. The maximum Gasteiger partial charge on any atom is 0.148 e. The van der Waals surface area contributed by atoms with Crippen LogP contribution in [0.1, 0.15) is 13.3 Å². The predicted octanol–water partition coefficient (Wildman–Crippen LogP) is 1.59. The van der Waals surface area contributed by atoms with Crippen molar-refractivity contribution in [1.29, 1.82) is 0 Å². The summed E-state index contributed by atoms with van der Waals surface area (Å²) in [6, 6.07) is 4.54. The van der Waals surface area contributed by atoms with Crippen LogP contribution in [0.25, 0.3) is 0 Å². The van der Waals surface area contributed by atoms with Gasteiger partial charge in [-0.05, 0) is 31.5 Å². The van der Waals surface area contributed by atoms with Gasteiger partial charge in [-0.15, -0.1) is 0 Å². The van der Waals surface area contributed by atoms with E-state index in [2.05, 4.69) is 5.32 Å². The fourth-order valence-electron chi connectivity index (χ4n) is 1.18. The minimum atomic E-state index is -0.366. The minimum Gasteiger partial charge on any atom is -0.399 e. The number of nitrogens with two attached hydrogens (primary N) is 1. The molecule has 0 spiro atoms. The van der Waals surface area contributed by atoms with Gasteiger partial charge >= 0.3 is 0 Å². The van der Waals surface area contributed by atoms with Gasteiger partial charge < -0.3 is 16.2 Å². The number of hydrogen-bond donors (Lipinski definition) is 3. The first-order valence-corrected chi connectivity index (χ1v) is 4.56.